The van der Waals surface area contributed by atoms with Crippen molar-refractivity contribution >= 4 is 33.4 Å². The van der Waals surface area contributed by atoms with Gasteiger partial charge < -0.3 is 10.1 Å². The number of carbonyl (C=O) groups is 1. The van der Waals surface area contributed by atoms with E-state index in [1.54, 1.807) is 30.8 Å². The first-order valence-electron chi connectivity index (χ1n) is 11.1. The molecule has 0 spiro atoms. The van der Waals surface area contributed by atoms with Gasteiger partial charge in [0.1, 0.15) is 5.75 Å². The molecule has 8 heteroatoms. The number of aryl methyl sites for hydroxylation is 1. The third kappa shape index (κ3) is 5.08. The van der Waals surface area contributed by atoms with Gasteiger partial charge in [-0.3, -0.25) is 9.10 Å². The van der Waals surface area contributed by atoms with Crippen molar-refractivity contribution in [3.8, 4) is 5.75 Å². The Kier molecular flexibility index (Phi) is 7.19. The van der Waals surface area contributed by atoms with Crippen molar-refractivity contribution in [2.24, 2.45) is 0 Å². The largest absolute Gasteiger partial charge is 0.484 e. The van der Waals surface area contributed by atoms with Crippen LogP contribution in [-0.2, 0) is 21.2 Å². The molecule has 0 saturated carbocycles. The molecule has 1 aliphatic heterocycles. The van der Waals surface area contributed by atoms with E-state index in [2.05, 4.69) is 5.32 Å². The van der Waals surface area contributed by atoms with Crippen molar-refractivity contribution in [2.75, 3.05) is 23.7 Å². The topological polar surface area (TPSA) is 75.7 Å². The average Bonchev–Trinajstić information content (AvgIpc) is 3.28. The number of hydrogen-bond donors (Lipinski definition) is 1. The van der Waals surface area contributed by atoms with Crippen LogP contribution in [-0.4, -0.2) is 33.7 Å². The molecule has 1 amide bonds. The number of nitrogens with one attached hydrogen (secondary N) is 1. The quantitative estimate of drug-likeness (QED) is 0.457. The molecule has 6 nitrogen and oxygen atoms in total. The van der Waals surface area contributed by atoms with Crippen LogP contribution in [0.3, 0.4) is 0 Å². The summed E-state index contributed by atoms with van der Waals surface area (Å²) in [7, 11) is -3.68. The number of ether oxygens (including phenoxy) is 1. The molecule has 4 rings (SSSR count). The number of nitrogens with zero attached hydrogens (tertiary/aromatic N) is 1. The van der Waals surface area contributed by atoms with E-state index in [1.807, 2.05) is 61.7 Å². The van der Waals surface area contributed by atoms with E-state index in [-0.39, 0.29) is 23.5 Å². The van der Waals surface area contributed by atoms with Gasteiger partial charge in [0.2, 0.25) is 0 Å². The first kappa shape index (κ1) is 24.2. The number of para-hydroxylation sites is 1. The Labute approximate surface area is 205 Å². The third-order valence-corrected chi connectivity index (χ3v) is 8.48. The summed E-state index contributed by atoms with van der Waals surface area (Å²) in [6, 6.07) is 20.2. The predicted octanol–water partition coefficient (Wildman–Crippen LogP) is 4.72. The van der Waals surface area contributed by atoms with E-state index in [9.17, 15) is 13.2 Å². The SMILES string of the molecule is CSc1ccc([C@@H](C)NC(=O)COc2ccc(S(=O)(=O)N3CCc4ccccc43)cc2C)cc1. The van der Waals surface area contributed by atoms with E-state index in [1.165, 1.54) is 15.3 Å². The molecule has 3 aromatic carbocycles. The maximum Gasteiger partial charge on any atom is 0.264 e. The first-order valence-corrected chi connectivity index (χ1v) is 13.7. The lowest BCUT2D eigenvalue weighted by atomic mass is 10.1. The van der Waals surface area contributed by atoms with Gasteiger partial charge in [-0.25, -0.2) is 8.42 Å². The lowest BCUT2D eigenvalue weighted by Crippen LogP contribution is -2.31. The Morgan fingerprint density at radius 1 is 1.12 bits per heavy atom. The summed E-state index contributed by atoms with van der Waals surface area (Å²) in [5, 5.41) is 2.93. The molecule has 0 radical (unpaired) electrons. The van der Waals surface area contributed by atoms with Crippen molar-refractivity contribution in [3.63, 3.8) is 0 Å². The molecule has 34 heavy (non-hydrogen) atoms. The second-order valence-electron chi connectivity index (χ2n) is 8.23. The Bertz CT molecular complexity index is 1290. The molecular formula is C26H28N2O4S2. The lowest BCUT2D eigenvalue weighted by Gasteiger charge is -2.20. The summed E-state index contributed by atoms with van der Waals surface area (Å²) in [5.74, 6) is 0.235. The zero-order chi connectivity index (χ0) is 24.3. The van der Waals surface area contributed by atoms with Crippen LogP contribution in [0.25, 0.3) is 0 Å². The predicted molar refractivity (Wildman–Crippen MR) is 136 cm³/mol. The molecule has 178 valence electrons. The van der Waals surface area contributed by atoms with Crippen molar-refractivity contribution in [1.29, 1.82) is 0 Å². The molecule has 0 saturated heterocycles. The van der Waals surface area contributed by atoms with Crippen molar-refractivity contribution in [1.82, 2.24) is 5.32 Å². The average molecular weight is 497 g/mol. The Balaban J connectivity index is 1.39. The molecule has 1 heterocycles. The minimum absolute atomic E-state index is 0.149. The molecule has 0 aromatic heterocycles. The molecule has 1 N–H and O–H groups in total. The van der Waals surface area contributed by atoms with Gasteiger partial charge in [-0.2, -0.15) is 0 Å². The van der Waals surface area contributed by atoms with Crippen LogP contribution in [0.5, 0.6) is 5.75 Å². The van der Waals surface area contributed by atoms with Crippen molar-refractivity contribution in [2.45, 2.75) is 36.1 Å². The number of fused-ring (bicyclic) bond motifs is 1. The van der Waals surface area contributed by atoms with Crippen LogP contribution in [0.2, 0.25) is 0 Å². The molecule has 0 bridgehead atoms. The number of carbonyl (C=O) groups excluding carboxylic acids is 1. The fraction of sp³-hybridized carbons (Fsp3) is 0.269. The van der Waals surface area contributed by atoms with Gasteiger partial charge in [-0.1, -0.05) is 30.3 Å². The van der Waals surface area contributed by atoms with Crippen LogP contribution >= 0.6 is 11.8 Å². The second kappa shape index (κ2) is 10.1. The summed E-state index contributed by atoms with van der Waals surface area (Å²) in [6.45, 7) is 3.98. The van der Waals surface area contributed by atoms with Gasteiger partial charge in [-0.15, -0.1) is 11.8 Å². The molecule has 3 aromatic rings. The van der Waals surface area contributed by atoms with Crippen molar-refractivity contribution in [3.05, 3.63) is 83.4 Å². The Hall–Kier alpha value is -2.97. The van der Waals surface area contributed by atoms with Gasteiger partial charge in [0, 0.05) is 11.4 Å². The lowest BCUT2D eigenvalue weighted by molar-refractivity contribution is -0.123. The number of benzene rings is 3. The highest BCUT2D eigenvalue weighted by molar-refractivity contribution is 7.98. The van der Waals surface area contributed by atoms with Gasteiger partial charge >= 0.3 is 0 Å². The van der Waals surface area contributed by atoms with E-state index < -0.39 is 10.0 Å². The summed E-state index contributed by atoms with van der Waals surface area (Å²) in [5.41, 5.74) is 3.43. The van der Waals surface area contributed by atoms with Crippen molar-refractivity contribution < 1.29 is 17.9 Å². The van der Waals surface area contributed by atoms with Crippen LogP contribution < -0.4 is 14.4 Å². The maximum absolute atomic E-state index is 13.2. The molecule has 0 aliphatic carbocycles. The zero-order valence-corrected chi connectivity index (χ0v) is 21.1. The van der Waals surface area contributed by atoms with Gasteiger partial charge in [0.25, 0.3) is 15.9 Å². The number of sulfonamides is 1. The van der Waals surface area contributed by atoms with Gasteiger partial charge in [0.15, 0.2) is 6.61 Å². The van der Waals surface area contributed by atoms with E-state index in [0.717, 1.165) is 16.8 Å². The van der Waals surface area contributed by atoms with Crippen LogP contribution in [0, 0.1) is 6.92 Å². The minimum atomic E-state index is -3.68. The van der Waals surface area contributed by atoms with Gasteiger partial charge in [0.05, 0.1) is 16.6 Å². The van der Waals surface area contributed by atoms with Crippen LogP contribution in [0.4, 0.5) is 5.69 Å². The summed E-state index contributed by atoms with van der Waals surface area (Å²) < 4.78 is 33.6. The molecule has 0 fully saturated rings. The Morgan fingerprint density at radius 2 is 1.85 bits per heavy atom. The fourth-order valence-electron chi connectivity index (χ4n) is 4.03. The normalized spacial score (nSPS) is 13.9. The third-order valence-electron chi connectivity index (χ3n) is 5.93. The standard InChI is InChI=1S/C26H28N2O4S2/c1-18-16-23(34(30,31)28-15-14-21-6-4-5-7-24(21)28)12-13-25(18)32-17-26(29)27-19(2)20-8-10-22(33-3)11-9-20/h4-13,16,19H,14-15,17H2,1-3H3,(H,27,29)/t19-/m1/s1. The highest BCUT2D eigenvalue weighted by atomic mass is 32.2. The van der Waals surface area contributed by atoms with E-state index in [0.29, 0.717) is 24.3 Å². The minimum Gasteiger partial charge on any atom is -0.484 e. The smallest absolute Gasteiger partial charge is 0.264 e. The van der Waals surface area contributed by atoms with Gasteiger partial charge in [-0.05, 0) is 79.6 Å². The number of amides is 1. The monoisotopic (exact) mass is 496 g/mol. The number of anilines is 1. The first-order chi connectivity index (χ1) is 16.3. The highest BCUT2D eigenvalue weighted by Crippen LogP contribution is 2.33. The molecule has 0 unspecified atom stereocenters. The zero-order valence-electron chi connectivity index (χ0n) is 19.4. The molecular weight excluding hydrogens is 468 g/mol. The van der Waals surface area contributed by atoms with E-state index in [4.69, 9.17) is 4.74 Å². The molecule has 1 atom stereocenters. The molecule has 1 aliphatic rings. The number of hydrogen-bond acceptors (Lipinski definition) is 5. The summed E-state index contributed by atoms with van der Waals surface area (Å²) in [6.07, 6.45) is 2.72. The van der Waals surface area contributed by atoms with E-state index >= 15 is 0 Å². The summed E-state index contributed by atoms with van der Waals surface area (Å²) in [4.78, 5) is 13.8. The van der Waals surface area contributed by atoms with Crippen LogP contribution in [0.1, 0.15) is 29.7 Å². The fourth-order valence-corrected chi connectivity index (χ4v) is 6.03. The number of rotatable bonds is 8. The Morgan fingerprint density at radius 3 is 2.56 bits per heavy atom. The number of thioether (sulfide) groups is 1. The maximum atomic E-state index is 13.2. The highest BCUT2D eigenvalue weighted by Gasteiger charge is 2.30. The second-order valence-corrected chi connectivity index (χ2v) is 11.0. The summed E-state index contributed by atoms with van der Waals surface area (Å²) >= 11 is 1.67. The van der Waals surface area contributed by atoms with Crippen LogP contribution in [0.15, 0.2) is 76.5 Å².